The molecule has 0 fully saturated rings. The Morgan fingerprint density at radius 3 is 2.60 bits per heavy atom. The second-order valence-corrected chi connectivity index (χ2v) is 5.88. The first-order valence-corrected chi connectivity index (χ1v) is 7.24. The fraction of sp³-hybridized carbons (Fsp3) is 0.300. The first-order chi connectivity index (χ1) is 9.19. The number of halogens is 1. The van der Waals surface area contributed by atoms with Crippen LogP contribution in [-0.4, -0.2) is 30.5 Å². The third kappa shape index (κ3) is 3.65. The number of carboxylic acids is 1. The predicted molar refractivity (Wildman–Crippen MR) is 70.1 cm³/mol. The summed E-state index contributed by atoms with van der Waals surface area (Å²) in [7, 11) is -4.27. The van der Waals surface area contributed by atoms with Gasteiger partial charge in [-0.25, -0.2) is 8.42 Å². The lowest BCUT2D eigenvalue weighted by Crippen LogP contribution is -2.40. The normalized spacial score (nSPS) is 12.9. The third-order valence-corrected chi connectivity index (χ3v) is 4.37. The Morgan fingerprint density at radius 1 is 1.55 bits per heavy atom. The van der Waals surface area contributed by atoms with E-state index in [2.05, 4.69) is 0 Å². The van der Waals surface area contributed by atoms with Gasteiger partial charge in [-0.2, -0.15) is 4.72 Å². The molecule has 0 spiro atoms. The number of nitrogens with one attached hydrogen (secondary N) is 1. The summed E-state index contributed by atoms with van der Waals surface area (Å²) < 4.78 is 26.0. The van der Waals surface area contributed by atoms with E-state index >= 15 is 0 Å². The average Bonchev–Trinajstić information content (AvgIpc) is 2.35. The van der Waals surface area contributed by atoms with Crippen LogP contribution in [0.5, 0.6) is 0 Å². The summed E-state index contributed by atoms with van der Waals surface area (Å²) in [6.45, 7) is 1.48. The lowest BCUT2D eigenvalue weighted by atomic mass is 10.2. The Hall–Kier alpha value is -1.71. The fourth-order valence-electron chi connectivity index (χ4n) is 1.37. The third-order valence-electron chi connectivity index (χ3n) is 2.42. The Labute approximate surface area is 119 Å². The van der Waals surface area contributed by atoms with Crippen LogP contribution in [0.2, 0.25) is 5.02 Å². The number of hydrogen-bond acceptors (Lipinski definition) is 5. The molecule has 0 aromatic heterocycles. The van der Waals surface area contributed by atoms with Crippen molar-refractivity contribution < 1.29 is 23.2 Å². The molecule has 20 heavy (non-hydrogen) atoms. The van der Waals surface area contributed by atoms with Crippen molar-refractivity contribution >= 4 is 33.3 Å². The Balaban J connectivity index is 3.24. The molecular formula is C10H11ClN2O6S. The summed E-state index contributed by atoms with van der Waals surface area (Å²) in [5.41, 5.74) is -0.460. The molecule has 1 aromatic rings. The molecule has 8 nitrogen and oxygen atoms in total. The van der Waals surface area contributed by atoms with Crippen LogP contribution in [0.15, 0.2) is 23.1 Å². The minimum absolute atomic E-state index is 0.0150. The Bertz CT molecular complexity index is 645. The largest absolute Gasteiger partial charge is 0.480 e. The van der Waals surface area contributed by atoms with Gasteiger partial charge in [0.05, 0.1) is 9.95 Å². The van der Waals surface area contributed by atoms with Crippen molar-refractivity contribution in [2.24, 2.45) is 0 Å². The topological polar surface area (TPSA) is 127 Å². The number of nitro benzene ring substituents is 1. The van der Waals surface area contributed by atoms with E-state index in [0.717, 1.165) is 18.2 Å². The molecule has 0 bridgehead atoms. The van der Waals surface area contributed by atoms with Crippen molar-refractivity contribution in [3.8, 4) is 0 Å². The minimum Gasteiger partial charge on any atom is -0.480 e. The Morgan fingerprint density at radius 2 is 2.15 bits per heavy atom. The number of aliphatic carboxylic acids is 1. The second kappa shape index (κ2) is 6.16. The van der Waals surface area contributed by atoms with E-state index in [1.807, 2.05) is 4.72 Å². The lowest BCUT2D eigenvalue weighted by Gasteiger charge is -2.13. The molecule has 1 aromatic carbocycles. The van der Waals surface area contributed by atoms with E-state index in [1.165, 1.54) is 6.92 Å². The van der Waals surface area contributed by atoms with Gasteiger partial charge in [0.1, 0.15) is 10.9 Å². The Kier molecular flexibility index (Phi) is 5.03. The van der Waals surface area contributed by atoms with Gasteiger partial charge < -0.3 is 5.11 Å². The molecule has 10 heteroatoms. The maximum absolute atomic E-state index is 12.0. The van der Waals surface area contributed by atoms with E-state index in [9.17, 15) is 23.3 Å². The van der Waals surface area contributed by atoms with Gasteiger partial charge in [0, 0.05) is 12.1 Å². The molecule has 1 rings (SSSR count). The quantitative estimate of drug-likeness (QED) is 0.602. The predicted octanol–water partition coefficient (Wildman–Crippen LogP) is 1.39. The molecule has 0 saturated carbocycles. The molecule has 0 aliphatic carbocycles. The summed E-state index contributed by atoms with van der Waals surface area (Å²) in [6.07, 6.45) is 0.0150. The van der Waals surface area contributed by atoms with Crippen LogP contribution in [0, 0.1) is 10.1 Å². The number of hydrogen-bond donors (Lipinski definition) is 2. The van der Waals surface area contributed by atoms with E-state index < -0.39 is 37.5 Å². The van der Waals surface area contributed by atoms with E-state index in [4.69, 9.17) is 16.7 Å². The molecule has 0 heterocycles. The molecule has 110 valence electrons. The molecule has 0 amide bonds. The highest BCUT2D eigenvalue weighted by atomic mass is 35.5. The maximum Gasteiger partial charge on any atom is 0.321 e. The molecule has 0 saturated heterocycles. The molecule has 0 aliphatic heterocycles. The summed E-state index contributed by atoms with van der Waals surface area (Å²) >= 11 is 5.70. The molecule has 0 aliphatic rings. The second-order valence-electron chi connectivity index (χ2n) is 3.79. The van der Waals surface area contributed by atoms with Crippen molar-refractivity contribution in [1.82, 2.24) is 4.72 Å². The highest BCUT2D eigenvalue weighted by Crippen LogP contribution is 2.26. The van der Waals surface area contributed by atoms with Gasteiger partial charge in [0.25, 0.3) is 5.69 Å². The minimum atomic E-state index is -4.27. The van der Waals surface area contributed by atoms with Crippen molar-refractivity contribution in [2.75, 3.05) is 0 Å². The summed E-state index contributed by atoms with van der Waals surface area (Å²) in [5, 5.41) is 19.2. The van der Waals surface area contributed by atoms with E-state index in [1.54, 1.807) is 0 Å². The standard InChI is InChI=1S/C10H11ClN2O6S/c1-2-8(10(14)15)12-20(18,19)9-5-6(13(16)17)3-4-7(9)11/h3-5,8,12H,2H2,1H3,(H,14,15)/t8-/m0/s1. The van der Waals surface area contributed by atoms with Crippen LogP contribution in [-0.2, 0) is 14.8 Å². The van der Waals surface area contributed by atoms with Gasteiger partial charge in [-0.1, -0.05) is 18.5 Å². The van der Waals surface area contributed by atoms with Crippen LogP contribution in [0.4, 0.5) is 5.69 Å². The van der Waals surface area contributed by atoms with Gasteiger partial charge in [-0.15, -0.1) is 0 Å². The number of non-ortho nitro benzene ring substituents is 1. The monoisotopic (exact) mass is 322 g/mol. The zero-order chi connectivity index (χ0) is 15.5. The zero-order valence-corrected chi connectivity index (χ0v) is 11.8. The number of benzene rings is 1. The number of nitro groups is 1. The average molecular weight is 323 g/mol. The number of rotatable bonds is 6. The molecule has 0 unspecified atom stereocenters. The van der Waals surface area contributed by atoms with E-state index in [0.29, 0.717) is 0 Å². The van der Waals surface area contributed by atoms with Crippen molar-refractivity contribution in [1.29, 1.82) is 0 Å². The van der Waals surface area contributed by atoms with Gasteiger partial charge in [-0.3, -0.25) is 14.9 Å². The summed E-state index contributed by atoms with van der Waals surface area (Å²) in [6, 6.07) is 1.56. The fourth-order valence-corrected chi connectivity index (χ4v) is 3.16. The SMILES string of the molecule is CC[C@H](NS(=O)(=O)c1cc([N+](=O)[O-])ccc1Cl)C(=O)O. The highest BCUT2D eigenvalue weighted by Gasteiger charge is 2.27. The lowest BCUT2D eigenvalue weighted by molar-refractivity contribution is -0.385. The van der Waals surface area contributed by atoms with Crippen molar-refractivity contribution in [3.05, 3.63) is 33.3 Å². The summed E-state index contributed by atoms with van der Waals surface area (Å²) in [5.74, 6) is -1.35. The van der Waals surface area contributed by atoms with Gasteiger partial charge in [0.2, 0.25) is 10.0 Å². The van der Waals surface area contributed by atoms with Crippen LogP contribution >= 0.6 is 11.6 Å². The maximum atomic E-state index is 12.0. The number of sulfonamides is 1. The van der Waals surface area contributed by atoms with Crippen molar-refractivity contribution in [2.45, 2.75) is 24.3 Å². The highest BCUT2D eigenvalue weighted by molar-refractivity contribution is 7.89. The van der Waals surface area contributed by atoms with Crippen LogP contribution in [0.1, 0.15) is 13.3 Å². The van der Waals surface area contributed by atoms with Crippen molar-refractivity contribution in [3.63, 3.8) is 0 Å². The number of nitrogens with zero attached hydrogens (tertiary/aromatic N) is 1. The van der Waals surface area contributed by atoms with Crippen LogP contribution < -0.4 is 4.72 Å². The smallest absolute Gasteiger partial charge is 0.321 e. The van der Waals surface area contributed by atoms with Gasteiger partial charge >= 0.3 is 5.97 Å². The molecule has 2 N–H and O–H groups in total. The van der Waals surface area contributed by atoms with Crippen LogP contribution in [0.25, 0.3) is 0 Å². The van der Waals surface area contributed by atoms with Gasteiger partial charge in [0.15, 0.2) is 0 Å². The molecule has 0 radical (unpaired) electrons. The molecule has 1 atom stereocenters. The zero-order valence-electron chi connectivity index (χ0n) is 10.2. The first kappa shape index (κ1) is 16.3. The molecular weight excluding hydrogens is 312 g/mol. The van der Waals surface area contributed by atoms with E-state index in [-0.39, 0.29) is 11.4 Å². The summed E-state index contributed by atoms with van der Waals surface area (Å²) in [4.78, 5) is 20.2. The van der Waals surface area contributed by atoms with Gasteiger partial charge in [-0.05, 0) is 12.5 Å². The van der Waals surface area contributed by atoms with Crippen LogP contribution in [0.3, 0.4) is 0 Å². The number of carboxylic acid groups (broad SMARTS) is 1. The number of carbonyl (C=O) groups is 1. The first-order valence-electron chi connectivity index (χ1n) is 5.38.